The molecule has 220 valence electrons. The molecular formula is C32H32ClN7O2S. The number of aromatic nitrogens is 4. The smallest absolute Gasteiger partial charge is 0.244 e. The molecule has 2 aliphatic rings. The second-order valence-corrected chi connectivity index (χ2v) is 12.5. The Labute approximate surface area is 259 Å². The largest absolute Gasteiger partial charge is 0.350 e. The van der Waals surface area contributed by atoms with E-state index in [4.69, 9.17) is 16.6 Å². The van der Waals surface area contributed by atoms with Gasteiger partial charge in [-0.1, -0.05) is 29.8 Å². The number of pyridine rings is 1. The lowest BCUT2D eigenvalue weighted by molar-refractivity contribution is -0.132. The SMILES string of the molecule is Cc1sc2c(c1C)C(c1ccc(Cl)cc1)=N[C@@H](CC(=O)N1CCC(NC(=O)/C=C/c3cccnc3)CC1)c1nnc(C)n1-2. The maximum Gasteiger partial charge on any atom is 0.244 e. The number of benzene rings is 1. The number of halogens is 1. The number of rotatable bonds is 6. The van der Waals surface area contributed by atoms with Crippen LogP contribution in [0, 0.1) is 20.8 Å². The number of likely N-dealkylation sites (tertiary alicyclic amines) is 1. The Morgan fingerprint density at radius 2 is 1.86 bits per heavy atom. The molecule has 3 aromatic heterocycles. The summed E-state index contributed by atoms with van der Waals surface area (Å²) in [6, 6.07) is 10.9. The van der Waals surface area contributed by atoms with Crippen LogP contribution in [0.1, 0.15) is 64.1 Å². The topological polar surface area (TPSA) is 105 Å². The predicted molar refractivity (Wildman–Crippen MR) is 169 cm³/mol. The Kier molecular flexibility index (Phi) is 8.23. The molecule has 2 amide bonds. The molecule has 0 unspecified atom stereocenters. The van der Waals surface area contributed by atoms with Crippen LogP contribution in [-0.2, 0) is 9.59 Å². The highest BCUT2D eigenvalue weighted by atomic mass is 35.5. The number of hydrogen-bond acceptors (Lipinski definition) is 7. The van der Waals surface area contributed by atoms with Gasteiger partial charge in [0.25, 0.3) is 0 Å². The van der Waals surface area contributed by atoms with Crippen LogP contribution >= 0.6 is 22.9 Å². The van der Waals surface area contributed by atoms with Gasteiger partial charge in [0.1, 0.15) is 16.9 Å². The first-order valence-corrected chi connectivity index (χ1v) is 15.5. The van der Waals surface area contributed by atoms with Crippen molar-refractivity contribution in [1.29, 1.82) is 0 Å². The predicted octanol–water partition coefficient (Wildman–Crippen LogP) is 5.41. The van der Waals surface area contributed by atoms with Gasteiger partial charge in [-0.25, -0.2) is 0 Å². The molecule has 1 N–H and O–H groups in total. The van der Waals surface area contributed by atoms with Crippen LogP contribution in [0.2, 0.25) is 5.02 Å². The molecule has 11 heteroatoms. The monoisotopic (exact) mass is 613 g/mol. The highest BCUT2D eigenvalue weighted by Gasteiger charge is 2.34. The zero-order valence-corrected chi connectivity index (χ0v) is 25.8. The van der Waals surface area contributed by atoms with E-state index in [9.17, 15) is 9.59 Å². The Hall–Kier alpha value is -4.15. The van der Waals surface area contributed by atoms with Gasteiger partial charge in [0, 0.05) is 58.6 Å². The molecule has 5 heterocycles. The summed E-state index contributed by atoms with van der Waals surface area (Å²) in [7, 11) is 0. The van der Waals surface area contributed by atoms with E-state index in [0.717, 1.165) is 38.8 Å². The number of nitrogens with one attached hydrogen (secondary N) is 1. The Morgan fingerprint density at radius 1 is 1.09 bits per heavy atom. The van der Waals surface area contributed by atoms with Gasteiger partial charge in [-0.2, -0.15) is 0 Å². The minimum absolute atomic E-state index is 0.00968. The van der Waals surface area contributed by atoms with Gasteiger partial charge in [-0.15, -0.1) is 21.5 Å². The van der Waals surface area contributed by atoms with E-state index in [0.29, 0.717) is 36.8 Å². The second kappa shape index (κ2) is 12.2. The summed E-state index contributed by atoms with van der Waals surface area (Å²) in [4.78, 5) is 38.5. The van der Waals surface area contributed by atoms with E-state index < -0.39 is 6.04 Å². The fourth-order valence-electron chi connectivity index (χ4n) is 5.60. The average Bonchev–Trinajstić information content (AvgIpc) is 3.49. The average molecular weight is 614 g/mol. The maximum absolute atomic E-state index is 13.7. The van der Waals surface area contributed by atoms with Crippen LogP contribution < -0.4 is 5.32 Å². The van der Waals surface area contributed by atoms with Crippen molar-refractivity contribution in [2.45, 2.75) is 52.1 Å². The highest BCUT2D eigenvalue weighted by molar-refractivity contribution is 7.15. The minimum atomic E-state index is -0.506. The number of fused-ring (bicyclic) bond motifs is 3. The van der Waals surface area contributed by atoms with E-state index in [1.54, 1.807) is 29.8 Å². The van der Waals surface area contributed by atoms with Crippen molar-refractivity contribution < 1.29 is 9.59 Å². The summed E-state index contributed by atoms with van der Waals surface area (Å²) < 4.78 is 2.06. The first-order chi connectivity index (χ1) is 20.8. The lowest BCUT2D eigenvalue weighted by atomic mass is 9.99. The van der Waals surface area contributed by atoms with Gasteiger partial charge in [0.15, 0.2) is 5.82 Å². The first-order valence-electron chi connectivity index (χ1n) is 14.3. The Balaban J connectivity index is 1.19. The molecular weight excluding hydrogens is 582 g/mol. The molecule has 1 atom stereocenters. The summed E-state index contributed by atoms with van der Waals surface area (Å²) in [5.74, 6) is 1.29. The fourth-order valence-corrected chi connectivity index (χ4v) is 6.94. The highest BCUT2D eigenvalue weighted by Crippen LogP contribution is 2.39. The van der Waals surface area contributed by atoms with Crippen LogP contribution in [0.3, 0.4) is 0 Å². The first kappa shape index (κ1) is 28.9. The minimum Gasteiger partial charge on any atom is -0.350 e. The molecule has 0 spiro atoms. The van der Waals surface area contributed by atoms with Gasteiger partial charge in [-0.05, 0) is 69.0 Å². The summed E-state index contributed by atoms with van der Waals surface area (Å²) in [6.07, 6.45) is 8.22. The van der Waals surface area contributed by atoms with Crippen LogP contribution in [0.4, 0.5) is 0 Å². The summed E-state index contributed by atoms with van der Waals surface area (Å²) in [5.41, 5.74) is 4.83. The molecule has 0 saturated carbocycles. The third-order valence-electron chi connectivity index (χ3n) is 8.03. The molecule has 9 nitrogen and oxygen atoms in total. The van der Waals surface area contributed by atoms with Crippen molar-refractivity contribution in [3.63, 3.8) is 0 Å². The molecule has 4 aromatic rings. The van der Waals surface area contributed by atoms with E-state index in [2.05, 4.69) is 38.9 Å². The number of hydrogen-bond donors (Lipinski definition) is 1. The lowest BCUT2D eigenvalue weighted by Crippen LogP contribution is -2.46. The zero-order valence-electron chi connectivity index (χ0n) is 24.2. The van der Waals surface area contributed by atoms with E-state index in [1.165, 1.54) is 11.0 Å². The number of piperidine rings is 1. The third-order valence-corrected chi connectivity index (χ3v) is 9.48. The molecule has 43 heavy (non-hydrogen) atoms. The van der Waals surface area contributed by atoms with E-state index >= 15 is 0 Å². The fraction of sp³-hybridized carbons (Fsp3) is 0.312. The van der Waals surface area contributed by atoms with Gasteiger partial charge in [0.05, 0.1) is 12.1 Å². The number of aliphatic imine (C=N–C) groups is 1. The third kappa shape index (κ3) is 6.03. The summed E-state index contributed by atoms with van der Waals surface area (Å²) in [6.45, 7) is 7.28. The van der Waals surface area contributed by atoms with E-state index in [-0.39, 0.29) is 24.3 Å². The lowest BCUT2D eigenvalue weighted by Gasteiger charge is -2.32. The number of carbonyl (C=O) groups excluding carboxylic acids is 2. The number of aryl methyl sites for hydroxylation is 2. The molecule has 1 fully saturated rings. The van der Waals surface area contributed by atoms with Crippen molar-refractivity contribution in [1.82, 2.24) is 30.0 Å². The molecule has 2 aliphatic heterocycles. The number of nitrogens with zero attached hydrogens (tertiary/aromatic N) is 6. The van der Waals surface area contributed by atoms with Crippen molar-refractivity contribution >= 4 is 46.5 Å². The Bertz CT molecular complexity index is 1720. The van der Waals surface area contributed by atoms with Crippen molar-refractivity contribution in [2.75, 3.05) is 13.1 Å². The molecule has 0 radical (unpaired) electrons. The van der Waals surface area contributed by atoms with Crippen molar-refractivity contribution in [3.8, 4) is 5.00 Å². The van der Waals surface area contributed by atoms with Crippen LogP contribution in [-0.4, -0.2) is 61.3 Å². The van der Waals surface area contributed by atoms with Gasteiger partial charge in [-0.3, -0.25) is 24.1 Å². The molecule has 0 bridgehead atoms. The zero-order chi connectivity index (χ0) is 30.1. The van der Waals surface area contributed by atoms with Crippen LogP contribution in [0.5, 0.6) is 0 Å². The summed E-state index contributed by atoms with van der Waals surface area (Å²) in [5, 5.41) is 13.6. The van der Waals surface area contributed by atoms with Gasteiger partial charge < -0.3 is 10.2 Å². The van der Waals surface area contributed by atoms with Gasteiger partial charge >= 0.3 is 0 Å². The molecule has 1 aromatic carbocycles. The van der Waals surface area contributed by atoms with Crippen molar-refractivity contribution in [2.24, 2.45) is 4.99 Å². The number of carbonyl (C=O) groups is 2. The number of thiophene rings is 1. The maximum atomic E-state index is 13.7. The van der Waals surface area contributed by atoms with Crippen LogP contribution in [0.25, 0.3) is 11.1 Å². The second-order valence-electron chi connectivity index (χ2n) is 10.9. The standard InChI is InChI=1S/C32H32ClN7O2S/c1-19-20(2)43-32-29(19)30(23-7-9-24(33)10-8-23)36-26(31-38-37-21(3)40(31)32)17-28(42)39-15-12-25(13-16-39)35-27(41)11-6-22-5-4-14-34-18-22/h4-11,14,18,25-26H,12-13,15-17H2,1-3H3,(H,35,41)/b11-6+/t26-/m0/s1. The van der Waals surface area contributed by atoms with Crippen molar-refractivity contribution in [3.05, 3.63) is 98.7 Å². The van der Waals surface area contributed by atoms with Gasteiger partial charge in [0.2, 0.25) is 11.8 Å². The quantitative estimate of drug-likeness (QED) is 0.293. The molecule has 6 rings (SSSR count). The Morgan fingerprint density at radius 3 is 2.58 bits per heavy atom. The molecule has 1 saturated heterocycles. The summed E-state index contributed by atoms with van der Waals surface area (Å²) >= 11 is 7.91. The number of amides is 2. The molecule has 0 aliphatic carbocycles. The van der Waals surface area contributed by atoms with E-state index in [1.807, 2.05) is 48.2 Å². The normalized spacial score (nSPS) is 16.9. The van der Waals surface area contributed by atoms with Crippen LogP contribution in [0.15, 0.2) is 59.9 Å².